The highest BCUT2D eigenvalue weighted by molar-refractivity contribution is 6.10. The molecule has 2 amide bonds. The predicted molar refractivity (Wildman–Crippen MR) is 91.5 cm³/mol. The summed E-state index contributed by atoms with van der Waals surface area (Å²) in [6, 6.07) is 7.29. The van der Waals surface area contributed by atoms with E-state index in [1.54, 1.807) is 6.07 Å². The molecule has 0 aliphatic rings. The maximum absolute atomic E-state index is 12.5. The number of carbonyl (C=O) groups is 2. The number of nitrogens with one attached hydrogen (secondary N) is 2. The first-order chi connectivity index (χ1) is 10.7. The summed E-state index contributed by atoms with van der Waals surface area (Å²) < 4.78 is 5.69. The second kappa shape index (κ2) is 6.44. The van der Waals surface area contributed by atoms with Gasteiger partial charge in [-0.2, -0.15) is 0 Å². The summed E-state index contributed by atoms with van der Waals surface area (Å²) in [5, 5.41) is 6.43. The zero-order valence-corrected chi connectivity index (χ0v) is 14.3. The van der Waals surface area contributed by atoms with Crippen molar-refractivity contribution in [2.24, 2.45) is 5.92 Å². The van der Waals surface area contributed by atoms with Crippen LogP contribution in [0.1, 0.15) is 51.6 Å². The van der Waals surface area contributed by atoms with Crippen molar-refractivity contribution in [2.45, 2.75) is 46.6 Å². The Kier molecular flexibility index (Phi) is 4.78. The van der Waals surface area contributed by atoms with Gasteiger partial charge in [0.1, 0.15) is 11.3 Å². The van der Waals surface area contributed by atoms with Crippen molar-refractivity contribution in [3.05, 3.63) is 30.0 Å². The zero-order chi connectivity index (χ0) is 17.2. The third-order valence-electron chi connectivity index (χ3n) is 3.15. The minimum absolute atomic E-state index is 0.128. The smallest absolute Gasteiger partial charge is 0.289 e. The monoisotopic (exact) mass is 316 g/mol. The summed E-state index contributed by atoms with van der Waals surface area (Å²) in [5.41, 5.74) is 0.620. The molecule has 5 heteroatoms. The third-order valence-corrected chi connectivity index (χ3v) is 3.15. The lowest BCUT2D eigenvalue weighted by atomic mass is 10.1. The van der Waals surface area contributed by atoms with Gasteiger partial charge in [-0.3, -0.25) is 9.59 Å². The maximum atomic E-state index is 12.5. The first-order valence-electron chi connectivity index (χ1n) is 7.81. The van der Waals surface area contributed by atoms with E-state index in [1.807, 2.05) is 52.8 Å². The van der Waals surface area contributed by atoms with Crippen LogP contribution in [0.15, 0.2) is 28.7 Å². The first-order valence-corrected chi connectivity index (χ1v) is 7.81. The molecule has 0 aliphatic carbocycles. The maximum Gasteiger partial charge on any atom is 0.289 e. The van der Waals surface area contributed by atoms with Crippen LogP contribution in [-0.4, -0.2) is 17.4 Å². The number of benzene rings is 1. The molecular formula is C18H24N2O3. The topological polar surface area (TPSA) is 71.3 Å². The van der Waals surface area contributed by atoms with Crippen molar-refractivity contribution < 1.29 is 14.0 Å². The lowest BCUT2D eigenvalue weighted by Gasteiger charge is -2.20. The molecule has 0 bridgehead atoms. The lowest BCUT2D eigenvalue weighted by molar-refractivity contribution is -0.116. The van der Waals surface area contributed by atoms with Crippen LogP contribution < -0.4 is 10.6 Å². The minimum Gasteiger partial charge on any atom is -0.449 e. The summed E-state index contributed by atoms with van der Waals surface area (Å²) in [7, 11) is 0. The number of anilines is 1. The predicted octanol–water partition coefficient (Wildman–Crippen LogP) is 3.95. The Balaban J connectivity index is 2.41. The van der Waals surface area contributed by atoms with Gasteiger partial charge in [0, 0.05) is 17.3 Å². The molecule has 124 valence electrons. The fourth-order valence-electron chi connectivity index (χ4n) is 2.29. The van der Waals surface area contributed by atoms with Gasteiger partial charge in [0.2, 0.25) is 11.7 Å². The number of fused-ring (bicyclic) bond motifs is 1. The highest BCUT2D eigenvalue weighted by Gasteiger charge is 2.25. The van der Waals surface area contributed by atoms with Crippen LogP contribution in [0.5, 0.6) is 0 Å². The molecule has 2 rings (SSSR count). The Labute approximate surface area is 136 Å². The van der Waals surface area contributed by atoms with Crippen molar-refractivity contribution in [3.63, 3.8) is 0 Å². The van der Waals surface area contributed by atoms with Crippen LogP contribution in [0.25, 0.3) is 11.0 Å². The van der Waals surface area contributed by atoms with E-state index in [-0.39, 0.29) is 23.5 Å². The number of hydrogen-bond acceptors (Lipinski definition) is 3. The van der Waals surface area contributed by atoms with E-state index in [0.717, 1.165) is 5.39 Å². The van der Waals surface area contributed by atoms with Crippen molar-refractivity contribution in [3.8, 4) is 0 Å². The van der Waals surface area contributed by atoms with Gasteiger partial charge in [0.25, 0.3) is 5.91 Å². The summed E-state index contributed by atoms with van der Waals surface area (Å²) in [5.74, 6) is -0.0943. The number of furan rings is 1. The van der Waals surface area contributed by atoms with E-state index in [9.17, 15) is 9.59 Å². The Bertz CT molecular complexity index is 723. The molecule has 0 saturated heterocycles. The zero-order valence-electron chi connectivity index (χ0n) is 14.3. The quantitative estimate of drug-likeness (QED) is 0.897. The number of hydrogen-bond donors (Lipinski definition) is 2. The second-order valence-electron chi connectivity index (χ2n) is 7.15. The lowest BCUT2D eigenvalue weighted by Crippen LogP contribution is -2.40. The van der Waals surface area contributed by atoms with Crippen LogP contribution in [0.3, 0.4) is 0 Å². The van der Waals surface area contributed by atoms with Crippen LogP contribution >= 0.6 is 0 Å². The summed E-state index contributed by atoms with van der Waals surface area (Å²) in [6.45, 7) is 9.63. The van der Waals surface area contributed by atoms with E-state index >= 15 is 0 Å². The highest BCUT2D eigenvalue weighted by atomic mass is 16.3. The average molecular weight is 316 g/mol. The van der Waals surface area contributed by atoms with Crippen LogP contribution in [0, 0.1) is 5.92 Å². The van der Waals surface area contributed by atoms with E-state index in [2.05, 4.69) is 10.6 Å². The summed E-state index contributed by atoms with van der Waals surface area (Å²) >= 11 is 0. The van der Waals surface area contributed by atoms with Gasteiger partial charge >= 0.3 is 0 Å². The van der Waals surface area contributed by atoms with Gasteiger partial charge in [0.15, 0.2) is 0 Å². The average Bonchev–Trinajstić information content (AvgIpc) is 2.75. The first kappa shape index (κ1) is 17.1. The van der Waals surface area contributed by atoms with Crippen LogP contribution in [0.4, 0.5) is 5.69 Å². The van der Waals surface area contributed by atoms with Gasteiger partial charge in [0.05, 0.1) is 0 Å². The second-order valence-corrected chi connectivity index (χ2v) is 7.15. The summed E-state index contributed by atoms with van der Waals surface area (Å²) in [4.78, 5) is 24.6. The molecule has 0 aliphatic heterocycles. The largest absolute Gasteiger partial charge is 0.449 e. The van der Waals surface area contributed by atoms with Crippen molar-refractivity contribution in [2.75, 3.05) is 5.32 Å². The highest BCUT2D eigenvalue weighted by Crippen LogP contribution is 2.31. The Morgan fingerprint density at radius 3 is 2.43 bits per heavy atom. The van der Waals surface area contributed by atoms with E-state index in [4.69, 9.17) is 4.42 Å². The normalized spacial score (nSPS) is 11.7. The van der Waals surface area contributed by atoms with Gasteiger partial charge in [-0.1, -0.05) is 26.0 Å². The molecule has 0 atom stereocenters. The molecular weight excluding hydrogens is 292 g/mol. The molecule has 0 fully saturated rings. The number of para-hydroxylation sites is 1. The summed E-state index contributed by atoms with van der Waals surface area (Å²) in [6.07, 6.45) is 0.389. The fourth-order valence-corrected chi connectivity index (χ4v) is 2.29. The Hall–Kier alpha value is -2.30. The molecule has 0 saturated carbocycles. The molecule has 0 spiro atoms. The molecule has 0 radical (unpaired) electrons. The Morgan fingerprint density at radius 1 is 1.17 bits per heavy atom. The van der Waals surface area contributed by atoms with Gasteiger partial charge < -0.3 is 15.1 Å². The van der Waals surface area contributed by atoms with Crippen molar-refractivity contribution in [1.29, 1.82) is 0 Å². The SMILES string of the molecule is CC(C)CC(=O)Nc1c(C(=O)NC(C)(C)C)oc2ccccc12. The standard InChI is InChI=1S/C18H24N2O3/c1-11(2)10-14(21)19-15-12-8-6-7-9-13(12)23-16(15)17(22)20-18(3,4)5/h6-9,11H,10H2,1-5H3,(H,19,21)(H,20,22). The van der Waals surface area contributed by atoms with Gasteiger partial charge in [-0.15, -0.1) is 0 Å². The van der Waals surface area contributed by atoms with E-state index in [1.165, 1.54) is 0 Å². The molecule has 0 unspecified atom stereocenters. The van der Waals surface area contributed by atoms with E-state index < -0.39 is 5.54 Å². The van der Waals surface area contributed by atoms with Crippen LogP contribution in [-0.2, 0) is 4.79 Å². The Morgan fingerprint density at radius 2 is 1.83 bits per heavy atom. The number of amides is 2. The minimum atomic E-state index is -0.394. The van der Waals surface area contributed by atoms with E-state index in [0.29, 0.717) is 17.7 Å². The van der Waals surface area contributed by atoms with Crippen LogP contribution in [0.2, 0.25) is 0 Å². The van der Waals surface area contributed by atoms with Crippen molar-refractivity contribution in [1.82, 2.24) is 5.32 Å². The molecule has 23 heavy (non-hydrogen) atoms. The fraction of sp³-hybridized carbons (Fsp3) is 0.444. The van der Waals surface area contributed by atoms with Gasteiger partial charge in [-0.05, 0) is 38.8 Å². The molecule has 2 N–H and O–H groups in total. The molecule has 1 aromatic heterocycles. The molecule has 1 heterocycles. The molecule has 1 aromatic carbocycles. The number of carbonyl (C=O) groups excluding carboxylic acids is 2. The number of rotatable bonds is 4. The third kappa shape index (κ3) is 4.34. The molecule has 5 nitrogen and oxygen atoms in total. The molecule has 2 aromatic rings. The van der Waals surface area contributed by atoms with Gasteiger partial charge in [-0.25, -0.2) is 0 Å². The van der Waals surface area contributed by atoms with Crippen molar-refractivity contribution >= 4 is 28.5 Å².